The Labute approximate surface area is 196 Å². The third-order valence-electron chi connectivity index (χ3n) is 5.24. The highest BCUT2D eigenvalue weighted by Crippen LogP contribution is 2.25. The number of carbonyl (C=O) groups is 1. The third-order valence-corrected chi connectivity index (χ3v) is 5.90. The molecule has 0 atom stereocenters. The van der Waals surface area contributed by atoms with Crippen LogP contribution < -0.4 is 10.1 Å². The van der Waals surface area contributed by atoms with Gasteiger partial charge in [-0.15, -0.1) is 0 Å². The van der Waals surface area contributed by atoms with Crippen molar-refractivity contribution in [3.05, 3.63) is 111 Å². The van der Waals surface area contributed by atoms with Crippen LogP contribution >= 0.6 is 15.9 Å². The minimum absolute atomic E-state index is 0.159. The topological polar surface area (TPSA) is 56.2 Å². The van der Waals surface area contributed by atoms with Crippen molar-refractivity contribution in [3.8, 4) is 5.75 Å². The molecule has 0 aliphatic rings. The number of carbonyl (C=O) groups excluding carboxylic acids is 1. The smallest absolute Gasteiger partial charge is 0.255 e. The van der Waals surface area contributed by atoms with Crippen LogP contribution in [0.15, 0.2) is 83.3 Å². The minimum atomic E-state index is -0.159. The van der Waals surface area contributed by atoms with Gasteiger partial charge in [-0.25, -0.2) is 0 Å². The Morgan fingerprint density at radius 1 is 0.938 bits per heavy atom. The molecule has 0 spiro atoms. The van der Waals surface area contributed by atoms with Crippen molar-refractivity contribution in [2.75, 3.05) is 5.32 Å². The minimum Gasteiger partial charge on any atom is -0.488 e. The fourth-order valence-electron chi connectivity index (χ4n) is 3.45. The quantitative estimate of drug-likeness (QED) is 0.339. The normalized spacial score (nSPS) is 10.7. The number of para-hydroxylation sites is 1. The first kappa shape index (κ1) is 21.8. The summed E-state index contributed by atoms with van der Waals surface area (Å²) < 4.78 is 8.67. The molecule has 32 heavy (non-hydrogen) atoms. The Bertz CT molecular complexity index is 1220. The van der Waals surface area contributed by atoms with Crippen molar-refractivity contribution in [1.29, 1.82) is 0 Å². The zero-order valence-electron chi connectivity index (χ0n) is 18.0. The number of hydrogen-bond donors (Lipinski definition) is 1. The molecule has 0 saturated heterocycles. The van der Waals surface area contributed by atoms with E-state index in [9.17, 15) is 4.79 Å². The summed E-state index contributed by atoms with van der Waals surface area (Å²) in [5.74, 6) is 0.626. The van der Waals surface area contributed by atoms with Gasteiger partial charge in [0, 0.05) is 5.56 Å². The lowest BCUT2D eigenvalue weighted by molar-refractivity contribution is 0.102. The molecule has 1 heterocycles. The van der Waals surface area contributed by atoms with E-state index in [1.807, 2.05) is 85.3 Å². The van der Waals surface area contributed by atoms with E-state index >= 15 is 0 Å². The van der Waals surface area contributed by atoms with Gasteiger partial charge in [0.05, 0.1) is 28.1 Å². The molecule has 1 N–H and O–H groups in total. The summed E-state index contributed by atoms with van der Waals surface area (Å²) >= 11 is 3.48. The summed E-state index contributed by atoms with van der Waals surface area (Å²) in [7, 11) is 0. The van der Waals surface area contributed by atoms with Crippen molar-refractivity contribution in [2.24, 2.45) is 0 Å². The fourth-order valence-corrected chi connectivity index (χ4v) is 3.85. The number of nitrogens with one attached hydrogen (secondary N) is 1. The van der Waals surface area contributed by atoms with Crippen molar-refractivity contribution >= 4 is 27.5 Å². The molecule has 1 aromatic heterocycles. The molecule has 6 heteroatoms. The molecule has 1 amide bonds. The van der Waals surface area contributed by atoms with Crippen molar-refractivity contribution in [3.63, 3.8) is 0 Å². The molecule has 5 nitrogen and oxygen atoms in total. The number of nitrogens with zero attached hydrogens (tertiary/aromatic N) is 2. The monoisotopic (exact) mass is 489 g/mol. The van der Waals surface area contributed by atoms with Crippen LogP contribution in [0.4, 0.5) is 5.69 Å². The first-order chi connectivity index (χ1) is 15.5. The summed E-state index contributed by atoms with van der Waals surface area (Å²) in [6, 6.07) is 25.3. The van der Waals surface area contributed by atoms with Gasteiger partial charge < -0.3 is 10.1 Å². The highest BCUT2D eigenvalue weighted by molar-refractivity contribution is 9.10. The lowest BCUT2D eigenvalue weighted by Crippen LogP contribution is -2.13. The van der Waals surface area contributed by atoms with Gasteiger partial charge in [-0.3, -0.25) is 9.48 Å². The van der Waals surface area contributed by atoms with Gasteiger partial charge in [0.1, 0.15) is 12.4 Å². The van der Waals surface area contributed by atoms with E-state index in [0.717, 1.165) is 38.4 Å². The Balaban J connectivity index is 1.41. The Hall–Kier alpha value is -3.38. The van der Waals surface area contributed by atoms with E-state index in [1.165, 1.54) is 0 Å². The van der Waals surface area contributed by atoms with Crippen LogP contribution in [0.25, 0.3) is 0 Å². The maximum absolute atomic E-state index is 12.8. The number of aryl methyl sites for hydroxylation is 1. The molecule has 162 valence electrons. The zero-order valence-corrected chi connectivity index (χ0v) is 19.6. The third kappa shape index (κ3) is 5.08. The second-order valence-corrected chi connectivity index (χ2v) is 8.41. The van der Waals surface area contributed by atoms with E-state index in [-0.39, 0.29) is 5.91 Å². The molecule has 0 fully saturated rings. The summed E-state index contributed by atoms with van der Waals surface area (Å²) in [6.45, 7) is 4.97. The molecule has 0 aliphatic carbocycles. The summed E-state index contributed by atoms with van der Waals surface area (Å²) in [5, 5.41) is 7.63. The number of hydrogen-bond acceptors (Lipinski definition) is 3. The van der Waals surface area contributed by atoms with Crippen LogP contribution in [0.5, 0.6) is 5.75 Å². The Morgan fingerprint density at radius 2 is 1.62 bits per heavy atom. The maximum Gasteiger partial charge on any atom is 0.255 e. The first-order valence-electron chi connectivity index (χ1n) is 10.4. The Kier molecular flexibility index (Phi) is 6.71. The number of halogens is 1. The first-order valence-corrected chi connectivity index (χ1v) is 11.2. The Morgan fingerprint density at radius 3 is 2.34 bits per heavy atom. The van der Waals surface area contributed by atoms with Crippen molar-refractivity contribution in [2.45, 2.75) is 27.0 Å². The SMILES string of the molecule is Cc1nn(Cc2ccccc2)c(C)c1NC(=O)c1ccc(COc2ccccc2Br)cc1. The van der Waals surface area contributed by atoms with E-state index in [4.69, 9.17) is 4.74 Å². The van der Waals surface area contributed by atoms with Crippen LogP contribution in [0, 0.1) is 13.8 Å². The van der Waals surface area contributed by atoms with Crippen LogP contribution in [-0.4, -0.2) is 15.7 Å². The molecule has 0 bridgehead atoms. The lowest BCUT2D eigenvalue weighted by atomic mass is 10.1. The molecular formula is C26H24BrN3O2. The number of benzene rings is 3. The van der Waals surface area contributed by atoms with Crippen molar-refractivity contribution in [1.82, 2.24) is 9.78 Å². The standard InChI is InChI=1S/C26H24BrN3O2/c1-18-25(19(2)30(29-18)16-20-8-4-3-5-9-20)28-26(31)22-14-12-21(13-15-22)17-32-24-11-7-6-10-23(24)27/h3-15H,16-17H2,1-2H3,(H,28,31). The van der Waals surface area contributed by atoms with Gasteiger partial charge in [-0.1, -0.05) is 54.6 Å². The number of amides is 1. The van der Waals surface area contributed by atoms with E-state index in [1.54, 1.807) is 0 Å². The van der Waals surface area contributed by atoms with Gasteiger partial charge in [0.2, 0.25) is 0 Å². The predicted octanol–water partition coefficient (Wildman–Crippen LogP) is 6.14. The molecule has 0 unspecified atom stereocenters. The fraction of sp³-hybridized carbons (Fsp3) is 0.154. The molecule has 0 aliphatic heterocycles. The van der Waals surface area contributed by atoms with E-state index < -0.39 is 0 Å². The highest BCUT2D eigenvalue weighted by atomic mass is 79.9. The largest absolute Gasteiger partial charge is 0.488 e. The average Bonchev–Trinajstić information content (AvgIpc) is 3.07. The van der Waals surface area contributed by atoms with Gasteiger partial charge >= 0.3 is 0 Å². The summed E-state index contributed by atoms with van der Waals surface area (Å²) in [5.41, 5.74) is 5.22. The second-order valence-electron chi connectivity index (χ2n) is 7.56. The summed E-state index contributed by atoms with van der Waals surface area (Å²) in [4.78, 5) is 12.8. The lowest BCUT2D eigenvalue weighted by Gasteiger charge is -2.10. The average molecular weight is 490 g/mol. The maximum atomic E-state index is 12.8. The van der Waals surface area contributed by atoms with Crippen LogP contribution in [-0.2, 0) is 13.2 Å². The molecule has 0 saturated carbocycles. The van der Waals surface area contributed by atoms with Crippen LogP contribution in [0.3, 0.4) is 0 Å². The number of ether oxygens (including phenoxy) is 1. The van der Waals surface area contributed by atoms with Crippen molar-refractivity contribution < 1.29 is 9.53 Å². The van der Waals surface area contributed by atoms with E-state index in [2.05, 4.69) is 38.5 Å². The molecule has 3 aromatic carbocycles. The number of rotatable bonds is 7. The molecule has 0 radical (unpaired) electrons. The molecule has 4 rings (SSSR count). The predicted molar refractivity (Wildman–Crippen MR) is 130 cm³/mol. The van der Waals surface area contributed by atoms with Gasteiger partial charge in [0.25, 0.3) is 5.91 Å². The van der Waals surface area contributed by atoms with Gasteiger partial charge in [0.15, 0.2) is 0 Å². The number of aromatic nitrogens is 2. The molecular weight excluding hydrogens is 466 g/mol. The second kappa shape index (κ2) is 9.83. The number of anilines is 1. The molecule has 4 aromatic rings. The van der Waals surface area contributed by atoms with E-state index in [0.29, 0.717) is 18.7 Å². The van der Waals surface area contributed by atoms with Gasteiger partial charge in [-0.05, 0) is 65.2 Å². The summed E-state index contributed by atoms with van der Waals surface area (Å²) in [6.07, 6.45) is 0. The van der Waals surface area contributed by atoms with Gasteiger partial charge in [-0.2, -0.15) is 5.10 Å². The van der Waals surface area contributed by atoms with Crippen LogP contribution in [0.1, 0.15) is 32.9 Å². The highest BCUT2D eigenvalue weighted by Gasteiger charge is 2.15. The zero-order chi connectivity index (χ0) is 22.5. The van der Waals surface area contributed by atoms with Crippen LogP contribution in [0.2, 0.25) is 0 Å².